The Labute approximate surface area is 167 Å². The van der Waals surface area contributed by atoms with Gasteiger partial charge in [0.1, 0.15) is 0 Å². The number of para-hydroxylation sites is 1. The Morgan fingerprint density at radius 3 is 2.48 bits per heavy atom. The summed E-state index contributed by atoms with van der Waals surface area (Å²) in [5, 5.41) is 0.759. The van der Waals surface area contributed by atoms with Gasteiger partial charge in [0.2, 0.25) is 5.91 Å². The number of ether oxygens (including phenoxy) is 1. The highest BCUT2D eigenvalue weighted by atomic mass is 35.5. The lowest BCUT2D eigenvalue weighted by Crippen LogP contribution is -2.48. The van der Waals surface area contributed by atoms with Crippen LogP contribution < -0.4 is 4.90 Å². The Morgan fingerprint density at radius 2 is 1.81 bits per heavy atom. The van der Waals surface area contributed by atoms with Gasteiger partial charge in [-0.1, -0.05) is 43.5 Å². The van der Waals surface area contributed by atoms with Crippen molar-refractivity contribution in [3.63, 3.8) is 0 Å². The second kappa shape index (κ2) is 11.2. The number of carbonyl (C=O) groups is 2. The zero-order valence-corrected chi connectivity index (χ0v) is 17.2. The van der Waals surface area contributed by atoms with Crippen LogP contribution in [-0.2, 0) is 14.3 Å². The highest BCUT2D eigenvalue weighted by Crippen LogP contribution is 2.26. The molecule has 0 radical (unpaired) electrons. The van der Waals surface area contributed by atoms with Crippen LogP contribution in [0.2, 0.25) is 5.02 Å². The summed E-state index contributed by atoms with van der Waals surface area (Å²) in [5.74, 6) is 0.0516. The highest BCUT2D eigenvalue weighted by molar-refractivity contribution is 6.33. The molecule has 1 atom stereocenters. The van der Waals surface area contributed by atoms with Gasteiger partial charge in [0.25, 0.3) is 0 Å². The average molecular weight is 395 g/mol. The van der Waals surface area contributed by atoms with Gasteiger partial charge in [0.05, 0.1) is 23.2 Å². The van der Waals surface area contributed by atoms with Crippen LogP contribution in [0.15, 0.2) is 24.3 Å². The minimum atomic E-state index is -0.120. The summed E-state index contributed by atoms with van der Waals surface area (Å²) >= 11 is 6.26. The number of rotatable bonds is 9. The van der Waals surface area contributed by atoms with Crippen LogP contribution in [0, 0.1) is 5.92 Å². The third-order valence-electron chi connectivity index (χ3n) is 5.04. The molecule has 1 amide bonds. The number of piperazine rings is 1. The quantitative estimate of drug-likeness (QED) is 0.466. The van der Waals surface area contributed by atoms with Gasteiger partial charge in [-0.05, 0) is 31.9 Å². The first-order chi connectivity index (χ1) is 13.0. The van der Waals surface area contributed by atoms with Crippen LogP contribution in [0.1, 0.15) is 46.0 Å². The van der Waals surface area contributed by atoms with Gasteiger partial charge in [-0.2, -0.15) is 0 Å². The van der Waals surface area contributed by atoms with E-state index in [4.69, 9.17) is 16.3 Å². The third-order valence-corrected chi connectivity index (χ3v) is 5.36. The maximum Gasteiger partial charge on any atom is 0.308 e. The number of esters is 1. The molecule has 0 aliphatic carbocycles. The lowest BCUT2D eigenvalue weighted by atomic mass is 10.0. The van der Waals surface area contributed by atoms with Gasteiger partial charge in [-0.3, -0.25) is 9.59 Å². The summed E-state index contributed by atoms with van der Waals surface area (Å²) in [6, 6.07) is 7.84. The lowest BCUT2D eigenvalue weighted by molar-refractivity contribution is -0.147. The van der Waals surface area contributed by atoms with E-state index in [2.05, 4.69) is 4.90 Å². The second-order valence-corrected chi connectivity index (χ2v) is 7.48. The Bertz CT molecular complexity index is 615. The zero-order chi connectivity index (χ0) is 19.6. The van der Waals surface area contributed by atoms with E-state index in [1.807, 2.05) is 43.0 Å². The molecule has 0 N–H and O–H groups in total. The summed E-state index contributed by atoms with van der Waals surface area (Å²) in [6.45, 7) is 7.26. The monoisotopic (exact) mass is 394 g/mol. The Hall–Kier alpha value is -1.75. The van der Waals surface area contributed by atoms with E-state index >= 15 is 0 Å². The first-order valence-corrected chi connectivity index (χ1v) is 10.3. The van der Waals surface area contributed by atoms with E-state index in [1.165, 1.54) is 0 Å². The fourth-order valence-electron chi connectivity index (χ4n) is 3.37. The second-order valence-electron chi connectivity index (χ2n) is 7.07. The van der Waals surface area contributed by atoms with Crippen LogP contribution in [-0.4, -0.2) is 49.6 Å². The van der Waals surface area contributed by atoms with Crippen molar-refractivity contribution >= 4 is 29.2 Å². The number of nitrogens with zero attached hydrogens (tertiary/aromatic N) is 2. The van der Waals surface area contributed by atoms with Crippen LogP contribution in [0.25, 0.3) is 0 Å². The van der Waals surface area contributed by atoms with Crippen LogP contribution in [0.4, 0.5) is 5.69 Å². The number of benzene rings is 1. The Kier molecular flexibility index (Phi) is 8.92. The van der Waals surface area contributed by atoms with Gasteiger partial charge >= 0.3 is 5.97 Å². The van der Waals surface area contributed by atoms with Crippen LogP contribution in [0.3, 0.4) is 0 Å². The minimum Gasteiger partial charge on any atom is -0.466 e. The van der Waals surface area contributed by atoms with E-state index in [-0.39, 0.29) is 17.8 Å². The summed E-state index contributed by atoms with van der Waals surface area (Å²) in [5.41, 5.74) is 1.04. The first-order valence-electron chi connectivity index (χ1n) is 9.96. The van der Waals surface area contributed by atoms with Crippen molar-refractivity contribution in [1.82, 2.24) is 4.90 Å². The third kappa shape index (κ3) is 6.73. The molecule has 5 nitrogen and oxygen atoms in total. The topological polar surface area (TPSA) is 49.9 Å². The van der Waals surface area contributed by atoms with E-state index in [0.717, 1.165) is 62.6 Å². The van der Waals surface area contributed by atoms with Gasteiger partial charge in [0, 0.05) is 32.6 Å². The molecule has 0 bridgehead atoms. The van der Waals surface area contributed by atoms with Gasteiger partial charge in [0.15, 0.2) is 0 Å². The van der Waals surface area contributed by atoms with Crippen molar-refractivity contribution in [3.05, 3.63) is 29.3 Å². The van der Waals surface area contributed by atoms with E-state index in [1.54, 1.807) is 0 Å². The number of unbranched alkanes of at least 4 members (excludes halogenated alkanes) is 2. The molecule has 0 spiro atoms. The van der Waals surface area contributed by atoms with Crippen LogP contribution in [0.5, 0.6) is 0 Å². The molecule has 1 unspecified atom stereocenters. The van der Waals surface area contributed by atoms with Crippen molar-refractivity contribution in [2.75, 3.05) is 37.7 Å². The predicted octanol–water partition coefficient (Wildman–Crippen LogP) is 4.14. The number of amides is 1. The summed E-state index contributed by atoms with van der Waals surface area (Å²) < 4.78 is 5.01. The molecule has 1 aliphatic heterocycles. The average Bonchev–Trinajstić information content (AvgIpc) is 2.68. The summed E-state index contributed by atoms with van der Waals surface area (Å²) in [4.78, 5) is 28.2. The fraction of sp³-hybridized carbons (Fsp3) is 0.619. The molecule has 1 fully saturated rings. The highest BCUT2D eigenvalue weighted by Gasteiger charge is 2.22. The molecule has 1 aromatic carbocycles. The standard InChI is InChI=1S/C21H31ClN2O3/c1-3-27-21(26)17(2)9-5-4-6-12-20(25)24-15-13-23(14-16-24)19-11-8-7-10-18(19)22/h7-8,10-11,17H,3-6,9,12-16H2,1-2H3. The zero-order valence-electron chi connectivity index (χ0n) is 16.5. The van der Waals surface area contributed by atoms with Crippen molar-refractivity contribution in [2.24, 2.45) is 5.92 Å². The SMILES string of the molecule is CCOC(=O)C(C)CCCCCC(=O)N1CCN(c2ccccc2Cl)CC1. The molecule has 150 valence electrons. The van der Waals surface area contributed by atoms with Crippen LogP contribution >= 0.6 is 11.6 Å². The summed E-state index contributed by atoms with van der Waals surface area (Å²) in [7, 11) is 0. The number of carbonyl (C=O) groups excluding carboxylic acids is 2. The molecular formula is C21H31ClN2O3. The molecule has 1 heterocycles. The molecule has 0 aromatic heterocycles. The number of hydrogen-bond acceptors (Lipinski definition) is 4. The maximum atomic E-state index is 12.4. The van der Waals surface area contributed by atoms with E-state index < -0.39 is 0 Å². The molecular weight excluding hydrogens is 364 g/mol. The molecule has 27 heavy (non-hydrogen) atoms. The molecule has 1 saturated heterocycles. The van der Waals surface area contributed by atoms with E-state index in [9.17, 15) is 9.59 Å². The van der Waals surface area contributed by atoms with Crippen molar-refractivity contribution in [3.8, 4) is 0 Å². The number of halogens is 1. The number of hydrogen-bond donors (Lipinski definition) is 0. The van der Waals surface area contributed by atoms with Gasteiger partial charge < -0.3 is 14.5 Å². The maximum absolute atomic E-state index is 12.4. The largest absolute Gasteiger partial charge is 0.466 e. The molecule has 0 saturated carbocycles. The minimum absolute atomic E-state index is 0.0569. The van der Waals surface area contributed by atoms with Gasteiger partial charge in [-0.15, -0.1) is 0 Å². The normalized spacial score (nSPS) is 15.5. The molecule has 6 heteroatoms. The molecule has 2 rings (SSSR count). The predicted molar refractivity (Wildman–Crippen MR) is 109 cm³/mol. The Morgan fingerprint density at radius 1 is 1.11 bits per heavy atom. The first kappa shape index (κ1) is 21.5. The van der Waals surface area contributed by atoms with Crippen molar-refractivity contribution in [2.45, 2.75) is 46.0 Å². The Balaban J connectivity index is 1.62. The smallest absolute Gasteiger partial charge is 0.308 e. The molecule has 1 aliphatic rings. The fourth-order valence-corrected chi connectivity index (χ4v) is 3.62. The summed E-state index contributed by atoms with van der Waals surface area (Å²) in [6.07, 6.45) is 4.20. The van der Waals surface area contributed by atoms with Crippen molar-refractivity contribution in [1.29, 1.82) is 0 Å². The van der Waals surface area contributed by atoms with Crippen molar-refractivity contribution < 1.29 is 14.3 Å². The lowest BCUT2D eigenvalue weighted by Gasteiger charge is -2.36. The van der Waals surface area contributed by atoms with E-state index in [0.29, 0.717) is 13.0 Å². The van der Waals surface area contributed by atoms with Gasteiger partial charge in [-0.25, -0.2) is 0 Å². The molecule has 1 aromatic rings. The number of anilines is 1.